The molecule has 1 saturated carbocycles. The van der Waals surface area contributed by atoms with E-state index in [-0.39, 0.29) is 25.7 Å². The number of hydrogen-bond donors (Lipinski definition) is 1. The van der Waals surface area contributed by atoms with Crippen molar-refractivity contribution in [2.24, 2.45) is 5.92 Å². The van der Waals surface area contributed by atoms with Gasteiger partial charge in [-0.3, -0.25) is 9.52 Å². The largest absolute Gasteiger partial charge is 0.274 e. The van der Waals surface area contributed by atoms with Gasteiger partial charge in [0.05, 0.1) is 5.25 Å². The van der Waals surface area contributed by atoms with Crippen LogP contribution in [0.1, 0.15) is 46.0 Å². The fourth-order valence-electron chi connectivity index (χ4n) is 1.85. The molecule has 0 heterocycles. The van der Waals surface area contributed by atoms with Gasteiger partial charge in [-0.05, 0) is 26.2 Å². The first-order chi connectivity index (χ1) is 8.18. The van der Waals surface area contributed by atoms with Crippen LogP contribution in [-0.4, -0.2) is 25.5 Å². The third-order valence-corrected chi connectivity index (χ3v) is 5.31. The summed E-state index contributed by atoms with van der Waals surface area (Å²) in [5, 5.41) is -0.661. The van der Waals surface area contributed by atoms with Crippen LogP contribution in [0.5, 0.6) is 0 Å². The maximum atomic E-state index is 12.9. The highest BCUT2D eigenvalue weighted by molar-refractivity contribution is 7.90. The van der Waals surface area contributed by atoms with Crippen molar-refractivity contribution in [2.75, 3.05) is 0 Å². The Balaban J connectivity index is 2.58. The Kier molecular flexibility index (Phi) is 4.69. The zero-order valence-electron chi connectivity index (χ0n) is 10.6. The second kappa shape index (κ2) is 5.50. The van der Waals surface area contributed by atoms with Crippen molar-refractivity contribution in [1.29, 1.82) is 0 Å². The van der Waals surface area contributed by atoms with E-state index in [2.05, 4.69) is 0 Å². The third-order valence-electron chi connectivity index (χ3n) is 3.44. The molecule has 1 N–H and O–H groups in total. The van der Waals surface area contributed by atoms with Crippen LogP contribution in [0.2, 0.25) is 0 Å². The Hall–Kier alpha value is -0.720. The van der Waals surface area contributed by atoms with Crippen LogP contribution in [0.4, 0.5) is 8.78 Å². The molecular formula is C11H19F2NO3S. The zero-order valence-corrected chi connectivity index (χ0v) is 11.4. The first kappa shape index (κ1) is 15.3. The highest BCUT2D eigenvalue weighted by Crippen LogP contribution is 2.36. The maximum absolute atomic E-state index is 12.9. The van der Waals surface area contributed by atoms with Crippen LogP contribution in [0, 0.1) is 5.92 Å². The Bertz CT molecular complexity index is 399. The standard InChI is InChI=1S/C11H19F2NO3S/c1-3-8(2)18(16,17)14-10(15)9-4-6-11(12,13)7-5-9/h8-9H,3-7H2,1-2H3,(H,14,15)/t8-/m0/s1. The number of hydrogen-bond acceptors (Lipinski definition) is 3. The first-order valence-electron chi connectivity index (χ1n) is 6.11. The molecule has 1 amide bonds. The summed E-state index contributed by atoms with van der Waals surface area (Å²) in [6.45, 7) is 3.21. The van der Waals surface area contributed by atoms with Crippen molar-refractivity contribution in [3.63, 3.8) is 0 Å². The van der Waals surface area contributed by atoms with E-state index in [9.17, 15) is 22.0 Å². The second-order valence-corrected chi connectivity index (χ2v) is 6.96. The van der Waals surface area contributed by atoms with E-state index in [1.54, 1.807) is 6.92 Å². The second-order valence-electron chi connectivity index (χ2n) is 4.86. The van der Waals surface area contributed by atoms with Crippen LogP contribution >= 0.6 is 0 Å². The number of sulfonamides is 1. The minimum Gasteiger partial charge on any atom is -0.274 e. The molecule has 1 atom stereocenters. The van der Waals surface area contributed by atoms with Crippen molar-refractivity contribution in [2.45, 2.75) is 57.1 Å². The van der Waals surface area contributed by atoms with Crippen molar-refractivity contribution in [3.8, 4) is 0 Å². The summed E-state index contributed by atoms with van der Waals surface area (Å²) in [4.78, 5) is 11.7. The Morgan fingerprint density at radius 2 is 1.89 bits per heavy atom. The molecule has 0 saturated heterocycles. The highest BCUT2D eigenvalue weighted by Gasteiger charge is 2.38. The van der Waals surface area contributed by atoms with E-state index in [1.165, 1.54) is 6.92 Å². The maximum Gasteiger partial charge on any atom is 0.248 e. The number of alkyl halides is 2. The molecule has 0 radical (unpaired) electrons. The average Bonchev–Trinajstić information content (AvgIpc) is 2.26. The molecule has 1 aliphatic rings. The van der Waals surface area contributed by atoms with Crippen molar-refractivity contribution in [1.82, 2.24) is 4.72 Å². The predicted octanol–water partition coefficient (Wildman–Crippen LogP) is 2.06. The molecule has 18 heavy (non-hydrogen) atoms. The molecule has 1 aliphatic carbocycles. The molecule has 0 unspecified atom stereocenters. The van der Waals surface area contributed by atoms with Crippen LogP contribution < -0.4 is 4.72 Å². The summed E-state index contributed by atoms with van der Waals surface area (Å²) < 4.78 is 51.1. The van der Waals surface area contributed by atoms with E-state index >= 15 is 0 Å². The number of carbonyl (C=O) groups excluding carboxylic acids is 1. The van der Waals surface area contributed by atoms with Crippen molar-refractivity contribution >= 4 is 15.9 Å². The van der Waals surface area contributed by atoms with E-state index < -0.39 is 33.0 Å². The summed E-state index contributed by atoms with van der Waals surface area (Å²) in [5.74, 6) is -3.99. The fraction of sp³-hybridized carbons (Fsp3) is 0.909. The first-order valence-corrected chi connectivity index (χ1v) is 7.66. The number of rotatable bonds is 4. The van der Waals surface area contributed by atoms with Gasteiger partial charge in [0.1, 0.15) is 0 Å². The van der Waals surface area contributed by atoms with Gasteiger partial charge < -0.3 is 0 Å². The number of nitrogens with one attached hydrogen (secondary N) is 1. The smallest absolute Gasteiger partial charge is 0.248 e. The van der Waals surface area contributed by atoms with Gasteiger partial charge in [-0.25, -0.2) is 17.2 Å². The summed E-state index contributed by atoms with van der Waals surface area (Å²) in [5.41, 5.74) is 0. The monoisotopic (exact) mass is 283 g/mol. The number of halogens is 2. The van der Waals surface area contributed by atoms with Gasteiger partial charge in [0, 0.05) is 18.8 Å². The highest BCUT2D eigenvalue weighted by atomic mass is 32.2. The summed E-state index contributed by atoms with van der Waals surface area (Å²) in [7, 11) is -3.67. The van der Waals surface area contributed by atoms with E-state index in [4.69, 9.17) is 0 Å². The lowest BCUT2D eigenvalue weighted by Crippen LogP contribution is -2.42. The van der Waals surface area contributed by atoms with Gasteiger partial charge in [0.15, 0.2) is 0 Å². The summed E-state index contributed by atoms with van der Waals surface area (Å²) in [6.07, 6.45) is -0.238. The average molecular weight is 283 g/mol. The molecule has 106 valence electrons. The lowest BCUT2D eigenvalue weighted by Gasteiger charge is -2.27. The minimum atomic E-state index is -3.67. The van der Waals surface area contributed by atoms with Crippen LogP contribution in [0.15, 0.2) is 0 Å². The van der Waals surface area contributed by atoms with Gasteiger partial charge in [0.25, 0.3) is 0 Å². The fourth-order valence-corrected chi connectivity index (χ4v) is 2.93. The Labute approximate surface area is 106 Å². The Morgan fingerprint density at radius 1 is 1.39 bits per heavy atom. The number of carbonyl (C=O) groups is 1. The molecular weight excluding hydrogens is 264 g/mol. The van der Waals surface area contributed by atoms with Crippen molar-refractivity contribution < 1.29 is 22.0 Å². The molecule has 7 heteroatoms. The summed E-state index contributed by atoms with van der Waals surface area (Å²) in [6, 6.07) is 0. The lowest BCUT2D eigenvalue weighted by atomic mass is 9.86. The molecule has 0 aromatic rings. The SMILES string of the molecule is CC[C@H](C)S(=O)(=O)NC(=O)C1CCC(F)(F)CC1. The van der Waals surface area contributed by atoms with Crippen molar-refractivity contribution in [3.05, 3.63) is 0 Å². The van der Waals surface area contributed by atoms with Gasteiger partial charge in [-0.15, -0.1) is 0 Å². The van der Waals surface area contributed by atoms with E-state index in [0.717, 1.165) is 0 Å². The molecule has 0 aromatic heterocycles. The normalized spacial score (nSPS) is 22.4. The van der Waals surface area contributed by atoms with Crippen LogP contribution in [-0.2, 0) is 14.8 Å². The van der Waals surface area contributed by atoms with Gasteiger partial charge in [-0.2, -0.15) is 0 Å². The van der Waals surface area contributed by atoms with E-state index in [0.29, 0.717) is 6.42 Å². The minimum absolute atomic E-state index is 0.0366. The molecule has 0 bridgehead atoms. The van der Waals surface area contributed by atoms with Gasteiger partial charge in [-0.1, -0.05) is 6.92 Å². The molecule has 1 rings (SSSR count). The van der Waals surface area contributed by atoms with Gasteiger partial charge >= 0.3 is 0 Å². The van der Waals surface area contributed by atoms with Crippen LogP contribution in [0.3, 0.4) is 0 Å². The zero-order chi connectivity index (χ0) is 14.0. The lowest BCUT2D eigenvalue weighted by molar-refractivity contribution is -0.127. The van der Waals surface area contributed by atoms with E-state index in [1.807, 2.05) is 4.72 Å². The molecule has 0 aromatic carbocycles. The molecule has 1 fully saturated rings. The molecule has 4 nitrogen and oxygen atoms in total. The molecule has 0 spiro atoms. The van der Waals surface area contributed by atoms with Crippen LogP contribution in [0.25, 0.3) is 0 Å². The number of amides is 1. The predicted molar refractivity (Wildman–Crippen MR) is 63.7 cm³/mol. The topological polar surface area (TPSA) is 63.2 Å². The third kappa shape index (κ3) is 3.90. The quantitative estimate of drug-likeness (QED) is 0.859. The Morgan fingerprint density at radius 3 is 2.33 bits per heavy atom. The molecule has 0 aliphatic heterocycles. The van der Waals surface area contributed by atoms with Gasteiger partial charge in [0.2, 0.25) is 21.9 Å². The summed E-state index contributed by atoms with van der Waals surface area (Å²) >= 11 is 0.